The zero-order chi connectivity index (χ0) is 17.5. The van der Waals surface area contributed by atoms with E-state index in [1.54, 1.807) is 6.07 Å². The molecule has 2 aromatic rings. The van der Waals surface area contributed by atoms with Crippen LogP contribution in [0.1, 0.15) is 12.5 Å². The first-order valence-electron chi connectivity index (χ1n) is 7.40. The van der Waals surface area contributed by atoms with Gasteiger partial charge in [-0.2, -0.15) is 0 Å². The Kier molecular flexibility index (Phi) is 6.37. The summed E-state index contributed by atoms with van der Waals surface area (Å²) in [6.45, 7) is 3.41. The summed E-state index contributed by atoms with van der Waals surface area (Å²) < 4.78 is 18.6. The van der Waals surface area contributed by atoms with E-state index in [0.29, 0.717) is 0 Å². The number of benzene rings is 2. The maximum absolute atomic E-state index is 13.5. The number of hydrogen-bond donors (Lipinski definition) is 1. The van der Waals surface area contributed by atoms with Crippen LogP contribution in [0.4, 0.5) is 10.1 Å². The Labute approximate surface area is 144 Å². The summed E-state index contributed by atoms with van der Waals surface area (Å²) in [4.78, 5) is 24.8. The number of ether oxygens (including phenoxy) is 1. The molecule has 0 bridgehead atoms. The second kappa shape index (κ2) is 8.49. The van der Waals surface area contributed by atoms with Crippen LogP contribution in [-0.2, 0) is 14.3 Å². The number of carbonyl (C=O) groups excluding carboxylic acids is 2. The lowest BCUT2D eigenvalue weighted by Gasteiger charge is -2.14. The lowest BCUT2D eigenvalue weighted by molar-refractivity contribution is -0.150. The van der Waals surface area contributed by atoms with Crippen LogP contribution in [0.3, 0.4) is 0 Å². The summed E-state index contributed by atoms with van der Waals surface area (Å²) in [7, 11) is 0. The van der Waals surface area contributed by atoms with Gasteiger partial charge >= 0.3 is 5.97 Å². The number of amides is 1. The molecule has 2 rings (SSSR count). The molecule has 0 aliphatic rings. The van der Waals surface area contributed by atoms with Gasteiger partial charge in [0.05, 0.1) is 11.4 Å². The molecular weight excluding hydrogens is 329 g/mol. The average molecular weight is 347 g/mol. The molecular formula is C18H18FNO3S. The quantitative estimate of drug-likeness (QED) is 0.638. The average Bonchev–Trinajstić information content (AvgIpc) is 2.56. The number of aryl methyl sites for hydroxylation is 1. The monoisotopic (exact) mass is 347 g/mol. The second-order valence-electron chi connectivity index (χ2n) is 5.16. The van der Waals surface area contributed by atoms with Crippen LogP contribution in [0.5, 0.6) is 0 Å². The fourth-order valence-electron chi connectivity index (χ4n) is 1.94. The van der Waals surface area contributed by atoms with Crippen molar-refractivity contribution in [3.05, 3.63) is 59.9 Å². The lowest BCUT2D eigenvalue weighted by atomic mass is 10.2. The molecule has 0 spiro atoms. The number of rotatable bonds is 6. The van der Waals surface area contributed by atoms with Crippen LogP contribution >= 0.6 is 11.8 Å². The van der Waals surface area contributed by atoms with Crippen molar-refractivity contribution in [3.63, 3.8) is 0 Å². The van der Waals surface area contributed by atoms with Crippen molar-refractivity contribution in [1.29, 1.82) is 0 Å². The highest BCUT2D eigenvalue weighted by Gasteiger charge is 2.19. The lowest BCUT2D eigenvalue weighted by Crippen LogP contribution is -2.30. The van der Waals surface area contributed by atoms with Crippen LogP contribution in [0.15, 0.2) is 53.4 Å². The standard InChI is InChI=1S/C18H18FNO3S/c1-12-7-3-6-10-16(12)24-11-17(21)23-13(2)18(22)20-15-9-5-4-8-14(15)19/h3-10,13H,11H2,1-2H3,(H,20,22). The zero-order valence-corrected chi connectivity index (χ0v) is 14.2. The highest BCUT2D eigenvalue weighted by molar-refractivity contribution is 8.00. The van der Waals surface area contributed by atoms with Crippen LogP contribution in [-0.4, -0.2) is 23.7 Å². The maximum Gasteiger partial charge on any atom is 0.317 e. The fourth-order valence-corrected chi connectivity index (χ4v) is 2.75. The molecule has 24 heavy (non-hydrogen) atoms. The number of anilines is 1. The minimum absolute atomic E-state index is 0.0553. The van der Waals surface area contributed by atoms with Gasteiger partial charge in [0.25, 0.3) is 5.91 Å². The van der Waals surface area contributed by atoms with Gasteiger partial charge in [-0.25, -0.2) is 4.39 Å². The Bertz CT molecular complexity index is 736. The van der Waals surface area contributed by atoms with E-state index in [-0.39, 0.29) is 11.4 Å². The van der Waals surface area contributed by atoms with Gasteiger partial charge in [0.2, 0.25) is 0 Å². The first-order chi connectivity index (χ1) is 11.5. The molecule has 1 atom stereocenters. The Morgan fingerprint density at radius 1 is 1.17 bits per heavy atom. The molecule has 4 nitrogen and oxygen atoms in total. The minimum atomic E-state index is -1.01. The van der Waals surface area contributed by atoms with Gasteiger partial charge in [-0.05, 0) is 37.6 Å². The smallest absolute Gasteiger partial charge is 0.317 e. The Morgan fingerprint density at radius 3 is 2.54 bits per heavy atom. The molecule has 6 heteroatoms. The van der Waals surface area contributed by atoms with Crippen molar-refractivity contribution in [2.75, 3.05) is 11.1 Å². The maximum atomic E-state index is 13.5. The van der Waals surface area contributed by atoms with Crippen molar-refractivity contribution in [2.45, 2.75) is 24.8 Å². The van der Waals surface area contributed by atoms with Crippen molar-refractivity contribution in [3.8, 4) is 0 Å². The fraction of sp³-hybridized carbons (Fsp3) is 0.222. The SMILES string of the molecule is Cc1ccccc1SCC(=O)OC(C)C(=O)Nc1ccccc1F. The van der Waals surface area contributed by atoms with Gasteiger partial charge in [-0.15, -0.1) is 11.8 Å². The molecule has 2 aromatic carbocycles. The van der Waals surface area contributed by atoms with E-state index in [1.165, 1.54) is 36.9 Å². The molecule has 126 valence electrons. The third-order valence-electron chi connectivity index (χ3n) is 3.25. The summed E-state index contributed by atoms with van der Waals surface area (Å²) >= 11 is 1.35. The van der Waals surface area contributed by atoms with Gasteiger partial charge in [0.15, 0.2) is 6.10 Å². The molecule has 0 aliphatic heterocycles. The molecule has 0 aromatic heterocycles. The van der Waals surface area contributed by atoms with E-state index in [1.807, 2.05) is 31.2 Å². The highest BCUT2D eigenvalue weighted by Crippen LogP contribution is 2.22. The van der Waals surface area contributed by atoms with E-state index < -0.39 is 23.8 Å². The Hall–Kier alpha value is -2.34. The minimum Gasteiger partial charge on any atom is -0.452 e. The first-order valence-corrected chi connectivity index (χ1v) is 8.39. The number of hydrogen-bond acceptors (Lipinski definition) is 4. The van der Waals surface area contributed by atoms with Gasteiger partial charge < -0.3 is 10.1 Å². The van der Waals surface area contributed by atoms with Crippen LogP contribution in [0.25, 0.3) is 0 Å². The highest BCUT2D eigenvalue weighted by atomic mass is 32.2. The van der Waals surface area contributed by atoms with E-state index in [4.69, 9.17) is 4.74 Å². The summed E-state index contributed by atoms with van der Waals surface area (Å²) in [6, 6.07) is 13.5. The molecule has 1 amide bonds. The topological polar surface area (TPSA) is 55.4 Å². The summed E-state index contributed by atoms with van der Waals surface area (Å²) in [5.74, 6) is -1.52. The van der Waals surface area contributed by atoms with E-state index in [2.05, 4.69) is 5.32 Å². The molecule has 0 aliphatic carbocycles. The number of thioether (sulfide) groups is 1. The van der Waals surface area contributed by atoms with Crippen molar-refractivity contribution in [1.82, 2.24) is 0 Å². The molecule has 0 heterocycles. The number of carbonyl (C=O) groups is 2. The van der Waals surface area contributed by atoms with Gasteiger partial charge in [0.1, 0.15) is 5.82 Å². The predicted octanol–water partition coefficient (Wildman–Crippen LogP) is 3.80. The number of esters is 1. The van der Waals surface area contributed by atoms with Crippen molar-refractivity contribution < 1.29 is 18.7 Å². The van der Waals surface area contributed by atoms with Gasteiger partial charge in [-0.3, -0.25) is 9.59 Å². The third kappa shape index (κ3) is 5.09. The number of halogens is 1. The summed E-state index contributed by atoms with van der Waals surface area (Å²) in [5, 5.41) is 2.40. The van der Waals surface area contributed by atoms with Crippen LogP contribution < -0.4 is 5.32 Å². The van der Waals surface area contributed by atoms with Crippen LogP contribution in [0.2, 0.25) is 0 Å². The molecule has 0 radical (unpaired) electrons. The Balaban J connectivity index is 1.84. The molecule has 0 saturated carbocycles. The number of para-hydroxylation sites is 1. The molecule has 0 fully saturated rings. The summed E-state index contributed by atoms with van der Waals surface area (Å²) in [6.07, 6.45) is -1.01. The zero-order valence-electron chi connectivity index (χ0n) is 13.4. The second-order valence-corrected chi connectivity index (χ2v) is 6.17. The van der Waals surface area contributed by atoms with Crippen molar-refractivity contribution >= 4 is 29.3 Å². The third-order valence-corrected chi connectivity index (χ3v) is 4.40. The first kappa shape index (κ1) is 18.0. The van der Waals surface area contributed by atoms with E-state index in [9.17, 15) is 14.0 Å². The molecule has 1 unspecified atom stereocenters. The van der Waals surface area contributed by atoms with E-state index >= 15 is 0 Å². The number of nitrogens with one attached hydrogen (secondary N) is 1. The van der Waals surface area contributed by atoms with Crippen molar-refractivity contribution in [2.24, 2.45) is 0 Å². The Morgan fingerprint density at radius 2 is 1.83 bits per heavy atom. The predicted molar refractivity (Wildman–Crippen MR) is 92.5 cm³/mol. The molecule has 1 N–H and O–H groups in total. The summed E-state index contributed by atoms with van der Waals surface area (Å²) in [5.41, 5.74) is 1.13. The van der Waals surface area contributed by atoms with Crippen LogP contribution in [0, 0.1) is 12.7 Å². The molecule has 0 saturated heterocycles. The van der Waals surface area contributed by atoms with Gasteiger partial charge in [0, 0.05) is 4.90 Å². The van der Waals surface area contributed by atoms with Gasteiger partial charge in [-0.1, -0.05) is 30.3 Å². The normalized spacial score (nSPS) is 11.6. The van der Waals surface area contributed by atoms with E-state index in [0.717, 1.165) is 10.5 Å². The largest absolute Gasteiger partial charge is 0.452 e.